The van der Waals surface area contributed by atoms with E-state index in [0.717, 1.165) is 0 Å². The van der Waals surface area contributed by atoms with Crippen LogP contribution in [0.1, 0.15) is 11.7 Å². The molecule has 2 heterocycles. The van der Waals surface area contributed by atoms with Crippen molar-refractivity contribution in [2.24, 2.45) is 0 Å². The van der Waals surface area contributed by atoms with E-state index in [9.17, 15) is 0 Å². The highest BCUT2D eigenvalue weighted by Gasteiger charge is 2.05. The van der Waals surface area contributed by atoms with Crippen molar-refractivity contribution in [1.29, 1.82) is 0 Å². The minimum Gasteiger partial charge on any atom is -0.347 e. The average molecular weight is 261 g/mol. The van der Waals surface area contributed by atoms with Gasteiger partial charge in [-0.2, -0.15) is 19.9 Å². The first kappa shape index (κ1) is 11.0. The van der Waals surface area contributed by atoms with Crippen molar-refractivity contribution < 1.29 is 4.52 Å². The van der Waals surface area contributed by atoms with Gasteiger partial charge in [-0.1, -0.05) is 5.16 Å². The van der Waals surface area contributed by atoms with Gasteiger partial charge in [-0.05, 0) is 23.2 Å². The zero-order valence-corrected chi connectivity index (χ0v) is 9.62. The molecule has 0 unspecified atom stereocenters. The number of nitrogens with one attached hydrogen (secondary N) is 1. The molecule has 2 aromatic rings. The van der Waals surface area contributed by atoms with Crippen molar-refractivity contribution in [2.45, 2.75) is 13.5 Å². The van der Waals surface area contributed by atoms with Gasteiger partial charge < -0.3 is 9.84 Å². The van der Waals surface area contributed by atoms with Gasteiger partial charge in [0, 0.05) is 6.92 Å². The molecule has 0 aliphatic carbocycles. The number of aromatic nitrogens is 5. The SMILES string of the molecule is Cc1nc(CNc2nc(Cl)nc(Cl)n2)no1. The highest BCUT2D eigenvalue weighted by Crippen LogP contribution is 2.10. The molecule has 9 heteroatoms. The number of aryl methyl sites for hydroxylation is 1. The van der Waals surface area contributed by atoms with Crippen LogP contribution >= 0.6 is 23.2 Å². The molecular formula is C7H6Cl2N6O. The Labute approximate surface area is 100 Å². The summed E-state index contributed by atoms with van der Waals surface area (Å²) in [5.41, 5.74) is 0. The first-order valence-electron chi connectivity index (χ1n) is 4.23. The van der Waals surface area contributed by atoms with Crippen molar-refractivity contribution in [2.75, 3.05) is 5.32 Å². The molecule has 7 nitrogen and oxygen atoms in total. The highest BCUT2D eigenvalue weighted by atomic mass is 35.5. The van der Waals surface area contributed by atoms with Crippen molar-refractivity contribution in [1.82, 2.24) is 25.1 Å². The quantitative estimate of drug-likeness (QED) is 0.894. The number of hydrogen-bond acceptors (Lipinski definition) is 7. The lowest BCUT2D eigenvalue weighted by Gasteiger charge is -2.01. The molecule has 0 fully saturated rings. The zero-order valence-electron chi connectivity index (χ0n) is 8.11. The average Bonchev–Trinajstić information content (AvgIpc) is 2.60. The van der Waals surface area contributed by atoms with E-state index in [1.165, 1.54) is 0 Å². The van der Waals surface area contributed by atoms with Crippen LogP contribution in [-0.2, 0) is 6.54 Å². The van der Waals surface area contributed by atoms with E-state index < -0.39 is 0 Å². The standard InChI is InChI=1S/C7H6Cl2N6O/c1-3-11-4(15-16-3)2-10-7-13-5(8)12-6(9)14-7/h2H2,1H3,(H,10,12,13,14). The summed E-state index contributed by atoms with van der Waals surface area (Å²) >= 11 is 11.2. The van der Waals surface area contributed by atoms with Gasteiger partial charge in [-0.3, -0.25) is 0 Å². The summed E-state index contributed by atoms with van der Waals surface area (Å²) in [6.07, 6.45) is 0. The van der Waals surface area contributed by atoms with Crippen LogP contribution in [0.15, 0.2) is 4.52 Å². The van der Waals surface area contributed by atoms with Crippen LogP contribution in [0.25, 0.3) is 0 Å². The summed E-state index contributed by atoms with van der Waals surface area (Å²) in [6.45, 7) is 2.02. The molecule has 0 aliphatic heterocycles. The van der Waals surface area contributed by atoms with Gasteiger partial charge in [0.1, 0.15) is 0 Å². The summed E-state index contributed by atoms with van der Waals surface area (Å²) in [4.78, 5) is 15.2. The van der Waals surface area contributed by atoms with E-state index in [2.05, 4.69) is 30.4 Å². The third-order valence-electron chi connectivity index (χ3n) is 1.56. The summed E-state index contributed by atoms with van der Waals surface area (Å²) in [6, 6.07) is 0. The first-order chi connectivity index (χ1) is 7.63. The Bertz CT molecular complexity index is 481. The Hall–Kier alpha value is -1.47. The van der Waals surface area contributed by atoms with Crippen molar-refractivity contribution in [3.63, 3.8) is 0 Å². The van der Waals surface area contributed by atoms with E-state index in [1.54, 1.807) is 6.92 Å². The van der Waals surface area contributed by atoms with E-state index >= 15 is 0 Å². The molecule has 0 amide bonds. The van der Waals surface area contributed by atoms with Crippen molar-refractivity contribution >= 4 is 29.2 Å². The topological polar surface area (TPSA) is 89.6 Å². The monoisotopic (exact) mass is 260 g/mol. The molecule has 2 aromatic heterocycles. The zero-order chi connectivity index (χ0) is 11.5. The minimum absolute atomic E-state index is 0.0202. The molecular weight excluding hydrogens is 255 g/mol. The van der Waals surface area contributed by atoms with Crippen LogP contribution in [-0.4, -0.2) is 25.1 Å². The fourth-order valence-electron chi connectivity index (χ4n) is 0.976. The molecule has 1 N–H and O–H groups in total. The number of halogens is 2. The number of hydrogen-bond donors (Lipinski definition) is 1. The van der Waals surface area contributed by atoms with Gasteiger partial charge in [0.15, 0.2) is 5.82 Å². The molecule has 2 rings (SSSR count). The Kier molecular flexibility index (Phi) is 3.16. The van der Waals surface area contributed by atoms with Gasteiger partial charge in [-0.15, -0.1) is 0 Å². The third kappa shape index (κ3) is 2.77. The fourth-order valence-corrected chi connectivity index (χ4v) is 1.34. The Morgan fingerprint density at radius 2 is 1.81 bits per heavy atom. The Morgan fingerprint density at radius 1 is 1.12 bits per heavy atom. The van der Waals surface area contributed by atoms with Crippen LogP contribution in [0, 0.1) is 6.92 Å². The van der Waals surface area contributed by atoms with Crippen LogP contribution in [0.4, 0.5) is 5.95 Å². The molecule has 16 heavy (non-hydrogen) atoms. The Morgan fingerprint density at radius 3 is 2.38 bits per heavy atom. The number of rotatable bonds is 3. The minimum atomic E-state index is 0.0202. The molecule has 0 atom stereocenters. The van der Waals surface area contributed by atoms with Gasteiger partial charge in [0.25, 0.3) is 0 Å². The molecule has 0 radical (unpaired) electrons. The lowest BCUT2D eigenvalue weighted by molar-refractivity contribution is 0.388. The fraction of sp³-hybridized carbons (Fsp3) is 0.286. The van der Waals surface area contributed by atoms with Crippen molar-refractivity contribution in [3.05, 3.63) is 22.3 Å². The maximum atomic E-state index is 5.60. The number of anilines is 1. The molecule has 0 bridgehead atoms. The second kappa shape index (κ2) is 4.58. The summed E-state index contributed by atoms with van der Waals surface area (Å²) in [5, 5.41) is 6.57. The van der Waals surface area contributed by atoms with Crippen molar-refractivity contribution in [3.8, 4) is 0 Å². The van der Waals surface area contributed by atoms with Gasteiger partial charge in [0.05, 0.1) is 6.54 Å². The third-order valence-corrected chi connectivity index (χ3v) is 1.89. The van der Waals surface area contributed by atoms with E-state index in [0.29, 0.717) is 18.3 Å². The van der Waals surface area contributed by atoms with Gasteiger partial charge >= 0.3 is 0 Å². The highest BCUT2D eigenvalue weighted by molar-refractivity contribution is 6.31. The molecule has 0 spiro atoms. The molecule has 0 saturated carbocycles. The van der Waals surface area contributed by atoms with Crippen LogP contribution in [0.3, 0.4) is 0 Å². The first-order valence-corrected chi connectivity index (χ1v) is 4.99. The molecule has 84 valence electrons. The van der Waals surface area contributed by atoms with Crippen LogP contribution < -0.4 is 5.32 Å². The summed E-state index contributed by atoms with van der Waals surface area (Å²) < 4.78 is 4.79. The maximum absolute atomic E-state index is 5.60. The second-order valence-electron chi connectivity index (χ2n) is 2.78. The summed E-state index contributed by atoms with van der Waals surface area (Å²) in [5.74, 6) is 1.24. The predicted molar refractivity (Wildman–Crippen MR) is 56.2 cm³/mol. The number of nitrogens with zero attached hydrogens (tertiary/aromatic N) is 5. The molecule has 0 aliphatic rings. The largest absolute Gasteiger partial charge is 0.347 e. The smallest absolute Gasteiger partial charge is 0.228 e. The predicted octanol–water partition coefficient (Wildman–Crippen LogP) is 1.48. The maximum Gasteiger partial charge on any atom is 0.228 e. The van der Waals surface area contributed by atoms with Crippen LogP contribution in [0.2, 0.25) is 10.6 Å². The molecule has 0 aromatic carbocycles. The normalized spacial score (nSPS) is 10.4. The van der Waals surface area contributed by atoms with Crippen LogP contribution in [0.5, 0.6) is 0 Å². The van der Waals surface area contributed by atoms with E-state index in [1.807, 2.05) is 0 Å². The second-order valence-corrected chi connectivity index (χ2v) is 3.46. The van der Waals surface area contributed by atoms with E-state index in [4.69, 9.17) is 27.7 Å². The molecule has 0 saturated heterocycles. The Balaban J connectivity index is 2.04. The summed E-state index contributed by atoms with van der Waals surface area (Å²) in [7, 11) is 0. The lowest BCUT2D eigenvalue weighted by Crippen LogP contribution is -2.06. The van der Waals surface area contributed by atoms with Gasteiger partial charge in [-0.25, -0.2) is 0 Å². The van der Waals surface area contributed by atoms with E-state index in [-0.39, 0.29) is 16.5 Å². The lowest BCUT2D eigenvalue weighted by atomic mass is 10.6. The van der Waals surface area contributed by atoms with Gasteiger partial charge in [0.2, 0.25) is 22.4 Å².